The first-order chi connectivity index (χ1) is 12.1. The van der Waals surface area contributed by atoms with E-state index in [1.807, 2.05) is 17.0 Å². The van der Waals surface area contributed by atoms with Crippen LogP contribution in [0.2, 0.25) is 0 Å². The molecule has 1 aromatic carbocycles. The second-order valence-electron chi connectivity index (χ2n) is 7.30. The number of aliphatic hydroxyl groups is 1. The first-order valence-corrected chi connectivity index (χ1v) is 9.41. The highest BCUT2D eigenvalue weighted by molar-refractivity contribution is 6.00. The summed E-state index contributed by atoms with van der Waals surface area (Å²) in [5.74, 6) is 0.0152. The van der Waals surface area contributed by atoms with Gasteiger partial charge < -0.3 is 14.9 Å². The van der Waals surface area contributed by atoms with Gasteiger partial charge in [0.05, 0.1) is 5.92 Å². The highest BCUT2D eigenvalue weighted by Crippen LogP contribution is 2.28. The largest absolute Gasteiger partial charge is 0.396 e. The molecule has 5 nitrogen and oxygen atoms in total. The predicted molar refractivity (Wildman–Crippen MR) is 97.3 cm³/mol. The van der Waals surface area contributed by atoms with Crippen LogP contribution < -0.4 is 4.90 Å². The average Bonchev–Trinajstić information content (AvgIpc) is 3.26. The number of likely N-dealkylation sites (tertiary alicyclic amines) is 1. The van der Waals surface area contributed by atoms with Crippen molar-refractivity contribution in [3.05, 3.63) is 29.8 Å². The van der Waals surface area contributed by atoms with E-state index >= 15 is 0 Å². The van der Waals surface area contributed by atoms with Crippen molar-refractivity contribution in [2.45, 2.75) is 39.0 Å². The van der Waals surface area contributed by atoms with Crippen molar-refractivity contribution < 1.29 is 14.7 Å². The standard InChI is InChI=1S/C20H28N2O3/c1-2-3-4-15-5-7-18(8-6-15)22-13-17(11-19(22)24)20(25)21-10-9-16(12-21)14-23/h5-8,16-17,23H,2-4,9-14H2,1H3/t16-,17-/m1/s1. The third-order valence-electron chi connectivity index (χ3n) is 5.40. The molecule has 2 amide bonds. The molecule has 1 N–H and O–H groups in total. The molecule has 2 aliphatic heterocycles. The number of aryl methyl sites for hydroxylation is 1. The molecule has 0 radical (unpaired) electrons. The van der Waals surface area contributed by atoms with E-state index in [9.17, 15) is 14.7 Å². The summed E-state index contributed by atoms with van der Waals surface area (Å²) in [6.45, 7) is 4.08. The predicted octanol–water partition coefficient (Wildman–Crippen LogP) is 2.22. The van der Waals surface area contributed by atoms with Crippen LogP contribution in [0.4, 0.5) is 5.69 Å². The number of hydrogen-bond donors (Lipinski definition) is 1. The molecule has 0 bridgehead atoms. The highest BCUT2D eigenvalue weighted by Gasteiger charge is 2.38. The number of rotatable bonds is 6. The molecule has 0 aliphatic carbocycles. The van der Waals surface area contributed by atoms with Gasteiger partial charge in [-0.15, -0.1) is 0 Å². The smallest absolute Gasteiger partial charge is 0.228 e. The number of carbonyl (C=O) groups excluding carboxylic acids is 2. The fourth-order valence-electron chi connectivity index (χ4n) is 3.79. The summed E-state index contributed by atoms with van der Waals surface area (Å²) in [7, 11) is 0. The third kappa shape index (κ3) is 4.03. The number of amides is 2. The van der Waals surface area contributed by atoms with Crippen molar-refractivity contribution in [1.29, 1.82) is 0 Å². The Balaban J connectivity index is 1.61. The number of benzene rings is 1. The van der Waals surface area contributed by atoms with Gasteiger partial charge in [-0.1, -0.05) is 25.5 Å². The Hall–Kier alpha value is -1.88. The minimum atomic E-state index is -0.260. The molecular formula is C20H28N2O3. The maximum atomic E-state index is 12.7. The van der Waals surface area contributed by atoms with Gasteiger partial charge in [0.1, 0.15) is 0 Å². The van der Waals surface area contributed by atoms with Gasteiger partial charge in [0.25, 0.3) is 0 Å². The summed E-state index contributed by atoms with van der Waals surface area (Å²) in [6, 6.07) is 8.15. The zero-order chi connectivity index (χ0) is 17.8. The lowest BCUT2D eigenvalue weighted by Crippen LogP contribution is -2.36. The monoisotopic (exact) mass is 344 g/mol. The van der Waals surface area contributed by atoms with E-state index in [4.69, 9.17) is 0 Å². The third-order valence-corrected chi connectivity index (χ3v) is 5.40. The number of nitrogens with zero attached hydrogens (tertiary/aromatic N) is 2. The number of hydrogen-bond acceptors (Lipinski definition) is 3. The summed E-state index contributed by atoms with van der Waals surface area (Å²) in [4.78, 5) is 28.6. The molecular weight excluding hydrogens is 316 g/mol. The quantitative estimate of drug-likeness (QED) is 0.861. The number of aliphatic hydroxyl groups excluding tert-OH is 1. The molecule has 136 valence electrons. The van der Waals surface area contributed by atoms with Crippen molar-refractivity contribution in [1.82, 2.24) is 4.90 Å². The molecule has 3 rings (SSSR count). The molecule has 0 spiro atoms. The Morgan fingerprint density at radius 3 is 2.64 bits per heavy atom. The average molecular weight is 344 g/mol. The minimum Gasteiger partial charge on any atom is -0.396 e. The summed E-state index contributed by atoms with van der Waals surface area (Å²) in [5.41, 5.74) is 2.17. The van der Waals surface area contributed by atoms with Gasteiger partial charge in [-0.05, 0) is 37.0 Å². The molecule has 2 aliphatic rings. The summed E-state index contributed by atoms with van der Waals surface area (Å²) < 4.78 is 0. The van der Waals surface area contributed by atoms with E-state index in [2.05, 4.69) is 19.1 Å². The van der Waals surface area contributed by atoms with Crippen molar-refractivity contribution in [2.75, 3.05) is 31.1 Å². The van der Waals surface area contributed by atoms with Gasteiger partial charge in [-0.3, -0.25) is 9.59 Å². The highest BCUT2D eigenvalue weighted by atomic mass is 16.3. The molecule has 0 unspecified atom stereocenters. The number of carbonyl (C=O) groups is 2. The van der Waals surface area contributed by atoms with Crippen LogP contribution >= 0.6 is 0 Å². The van der Waals surface area contributed by atoms with Crippen LogP contribution in [-0.4, -0.2) is 48.1 Å². The number of unbranched alkanes of at least 4 members (excludes halogenated alkanes) is 1. The van der Waals surface area contributed by atoms with Gasteiger partial charge in [-0.25, -0.2) is 0 Å². The first kappa shape index (κ1) is 17.9. The van der Waals surface area contributed by atoms with Crippen LogP contribution in [0.1, 0.15) is 38.2 Å². The van der Waals surface area contributed by atoms with E-state index in [1.54, 1.807) is 4.90 Å². The topological polar surface area (TPSA) is 60.9 Å². The maximum Gasteiger partial charge on any atom is 0.228 e. The van der Waals surface area contributed by atoms with E-state index in [0.717, 1.165) is 18.5 Å². The van der Waals surface area contributed by atoms with Gasteiger partial charge in [0.2, 0.25) is 11.8 Å². The van der Waals surface area contributed by atoms with Crippen molar-refractivity contribution >= 4 is 17.5 Å². The summed E-state index contributed by atoms with van der Waals surface area (Å²) in [6.07, 6.45) is 4.54. The Morgan fingerprint density at radius 1 is 1.24 bits per heavy atom. The Kier molecular flexibility index (Phi) is 5.74. The summed E-state index contributed by atoms with van der Waals surface area (Å²) in [5, 5.41) is 9.24. The van der Waals surface area contributed by atoms with Crippen molar-refractivity contribution in [2.24, 2.45) is 11.8 Å². The van der Waals surface area contributed by atoms with E-state index in [1.165, 1.54) is 18.4 Å². The second kappa shape index (κ2) is 8.00. The molecule has 25 heavy (non-hydrogen) atoms. The Morgan fingerprint density at radius 2 is 2.00 bits per heavy atom. The second-order valence-corrected chi connectivity index (χ2v) is 7.30. The Bertz CT molecular complexity index is 614. The Labute approximate surface area is 149 Å². The van der Waals surface area contributed by atoms with Crippen molar-refractivity contribution in [3.8, 4) is 0 Å². The first-order valence-electron chi connectivity index (χ1n) is 9.41. The molecule has 5 heteroatoms. The molecule has 0 saturated carbocycles. The lowest BCUT2D eigenvalue weighted by Gasteiger charge is -2.21. The normalized spacial score (nSPS) is 23.5. The lowest BCUT2D eigenvalue weighted by atomic mass is 10.1. The van der Waals surface area contributed by atoms with Crippen molar-refractivity contribution in [3.63, 3.8) is 0 Å². The fraction of sp³-hybridized carbons (Fsp3) is 0.600. The maximum absolute atomic E-state index is 12.7. The molecule has 2 saturated heterocycles. The number of anilines is 1. The summed E-state index contributed by atoms with van der Waals surface area (Å²) >= 11 is 0. The van der Waals surface area contributed by atoms with Crippen LogP contribution in [-0.2, 0) is 16.0 Å². The molecule has 2 atom stereocenters. The molecule has 1 aromatic rings. The zero-order valence-electron chi connectivity index (χ0n) is 15.0. The van der Waals surface area contributed by atoms with Crippen LogP contribution in [0.25, 0.3) is 0 Å². The SMILES string of the molecule is CCCCc1ccc(N2C[C@H](C(=O)N3CC[C@@H](CO)C3)CC2=O)cc1. The van der Waals surface area contributed by atoms with E-state index in [0.29, 0.717) is 19.6 Å². The van der Waals surface area contributed by atoms with Gasteiger partial charge in [0, 0.05) is 44.3 Å². The minimum absolute atomic E-state index is 0.0255. The van der Waals surface area contributed by atoms with E-state index < -0.39 is 0 Å². The van der Waals surface area contributed by atoms with Gasteiger partial charge in [-0.2, -0.15) is 0 Å². The molecule has 2 fully saturated rings. The molecule has 2 heterocycles. The molecule has 0 aromatic heterocycles. The van der Waals surface area contributed by atoms with Crippen LogP contribution in [0.5, 0.6) is 0 Å². The zero-order valence-corrected chi connectivity index (χ0v) is 15.0. The van der Waals surface area contributed by atoms with Gasteiger partial charge >= 0.3 is 0 Å². The lowest BCUT2D eigenvalue weighted by molar-refractivity contribution is -0.134. The van der Waals surface area contributed by atoms with Crippen LogP contribution in [0.3, 0.4) is 0 Å². The van der Waals surface area contributed by atoms with E-state index in [-0.39, 0.29) is 36.7 Å². The van der Waals surface area contributed by atoms with Crippen LogP contribution in [0.15, 0.2) is 24.3 Å². The fourth-order valence-corrected chi connectivity index (χ4v) is 3.79. The van der Waals surface area contributed by atoms with Gasteiger partial charge in [0.15, 0.2) is 0 Å². The van der Waals surface area contributed by atoms with Crippen LogP contribution in [0, 0.1) is 11.8 Å².